The molecule has 1 N–H and O–H groups in total. The lowest BCUT2D eigenvalue weighted by Crippen LogP contribution is -2.34. The molecule has 1 aliphatic heterocycles. The van der Waals surface area contributed by atoms with Gasteiger partial charge in [0.25, 0.3) is 21.8 Å². The van der Waals surface area contributed by atoms with Crippen LogP contribution in [0.5, 0.6) is 0 Å². The highest BCUT2D eigenvalue weighted by molar-refractivity contribution is 7.92. The van der Waals surface area contributed by atoms with Crippen molar-refractivity contribution in [1.82, 2.24) is 20.0 Å². The molecule has 3 aromatic rings. The van der Waals surface area contributed by atoms with E-state index in [1.54, 1.807) is 25.1 Å². The van der Waals surface area contributed by atoms with Crippen molar-refractivity contribution in [3.63, 3.8) is 0 Å². The fourth-order valence-electron chi connectivity index (χ4n) is 2.78. The number of hydrogen-bond acceptors (Lipinski definition) is 10. The van der Waals surface area contributed by atoms with Crippen LogP contribution in [-0.2, 0) is 14.8 Å². The summed E-state index contributed by atoms with van der Waals surface area (Å²) in [6.45, 7) is 1.56. The molecular weight excluding hydrogens is 448 g/mol. The maximum absolute atomic E-state index is 12.6. The molecule has 0 saturated heterocycles. The van der Waals surface area contributed by atoms with Crippen LogP contribution in [0, 0.1) is 0 Å². The SMILES string of the molecule is CC1=NN(C(=O)c2ccccn2)C(=O)[C@@H]1N=Nc1ccc(S(=O)(=O)Nc2ncccn2)cc1. The molecular formula is C20H16N8O4S. The minimum absolute atomic E-state index is 0.0317. The highest BCUT2D eigenvalue weighted by Gasteiger charge is 2.38. The van der Waals surface area contributed by atoms with Crippen molar-refractivity contribution in [1.29, 1.82) is 0 Å². The first-order valence-corrected chi connectivity index (χ1v) is 11.0. The molecule has 0 unspecified atom stereocenters. The Kier molecular flexibility index (Phi) is 5.95. The quantitative estimate of drug-likeness (QED) is 0.432. The van der Waals surface area contributed by atoms with Gasteiger partial charge in [0, 0.05) is 18.6 Å². The second-order valence-electron chi connectivity index (χ2n) is 6.70. The second-order valence-corrected chi connectivity index (χ2v) is 8.38. The molecule has 166 valence electrons. The first-order chi connectivity index (χ1) is 15.8. The predicted molar refractivity (Wildman–Crippen MR) is 116 cm³/mol. The van der Waals surface area contributed by atoms with Crippen LogP contribution in [-0.4, -0.2) is 51.9 Å². The van der Waals surface area contributed by atoms with E-state index in [-0.39, 0.29) is 16.5 Å². The van der Waals surface area contributed by atoms with Gasteiger partial charge >= 0.3 is 0 Å². The van der Waals surface area contributed by atoms with Crippen LogP contribution in [0.2, 0.25) is 0 Å². The molecule has 2 aromatic heterocycles. The number of carbonyl (C=O) groups is 2. The van der Waals surface area contributed by atoms with Crippen LogP contribution in [0.3, 0.4) is 0 Å². The molecule has 1 aromatic carbocycles. The summed E-state index contributed by atoms with van der Waals surface area (Å²) in [5.74, 6) is -1.37. The lowest BCUT2D eigenvalue weighted by Gasteiger charge is -2.09. The normalized spacial score (nSPS) is 16.2. The zero-order valence-electron chi connectivity index (χ0n) is 17.1. The average Bonchev–Trinajstić information content (AvgIpc) is 3.11. The van der Waals surface area contributed by atoms with Gasteiger partial charge in [0.1, 0.15) is 5.69 Å². The van der Waals surface area contributed by atoms with E-state index in [2.05, 4.69) is 35.0 Å². The summed E-state index contributed by atoms with van der Waals surface area (Å²) in [5, 5.41) is 12.7. The van der Waals surface area contributed by atoms with E-state index in [0.29, 0.717) is 16.4 Å². The van der Waals surface area contributed by atoms with E-state index in [4.69, 9.17) is 0 Å². The highest BCUT2D eigenvalue weighted by Crippen LogP contribution is 2.21. The molecule has 0 aliphatic carbocycles. The molecule has 1 atom stereocenters. The topological polar surface area (TPSA) is 159 Å². The van der Waals surface area contributed by atoms with E-state index in [9.17, 15) is 18.0 Å². The summed E-state index contributed by atoms with van der Waals surface area (Å²) in [7, 11) is -3.89. The molecule has 3 heterocycles. The largest absolute Gasteiger partial charge is 0.299 e. The first-order valence-electron chi connectivity index (χ1n) is 9.50. The number of benzene rings is 1. The van der Waals surface area contributed by atoms with Gasteiger partial charge in [-0.15, -0.1) is 0 Å². The lowest BCUT2D eigenvalue weighted by atomic mass is 10.2. The molecule has 2 amide bonds. The van der Waals surface area contributed by atoms with Crippen molar-refractivity contribution in [3.8, 4) is 0 Å². The van der Waals surface area contributed by atoms with Gasteiger partial charge in [-0.25, -0.2) is 23.1 Å². The van der Waals surface area contributed by atoms with Gasteiger partial charge in [-0.05, 0) is 49.4 Å². The number of rotatable bonds is 6. The molecule has 1 aliphatic rings. The van der Waals surface area contributed by atoms with E-state index >= 15 is 0 Å². The van der Waals surface area contributed by atoms with Gasteiger partial charge in [-0.1, -0.05) is 6.07 Å². The molecule has 0 spiro atoms. The monoisotopic (exact) mass is 464 g/mol. The molecule has 0 fully saturated rings. The number of hydrazone groups is 1. The predicted octanol–water partition coefficient (Wildman–Crippen LogP) is 2.18. The Hall–Kier alpha value is -4.39. The van der Waals surface area contributed by atoms with E-state index < -0.39 is 27.9 Å². The van der Waals surface area contributed by atoms with Crippen molar-refractivity contribution >= 4 is 39.2 Å². The number of carbonyl (C=O) groups excluding carboxylic acids is 2. The Morgan fingerprint density at radius 3 is 2.36 bits per heavy atom. The van der Waals surface area contributed by atoms with Gasteiger partial charge in [-0.3, -0.25) is 14.6 Å². The Bertz CT molecular complexity index is 1340. The highest BCUT2D eigenvalue weighted by atomic mass is 32.2. The van der Waals surface area contributed by atoms with Crippen LogP contribution in [0.4, 0.5) is 11.6 Å². The van der Waals surface area contributed by atoms with E-state index in [0.717, 1.165) is 0 Å². The molecule has 13 heteroatoms. The Balaban J connectivity index is 1.45. The molecule has 33 heavy (non-hydrogen) atoms. The van der Waals surface area contributed by atoms with Crippen LogP contribution in [0.25, 0.3) is 0 Å². The summed E-state index contributed by atoms with van der Waals surface area (Å²) in [6.07, 6.45) is 4.26. The van der Waals surface area contributed by atoms with Gasteiger partial charge in [0.15, 0.2) is 6.04 Å². The molecule has 0 radical (unpaired) electrons. The molecule has 12 nitrogen and oxygen atoms in total. The number of nitrogens with zero attached hydrogens (tertiary/aromatic N) is 7. The van der Waals surface area contributed by atoms with Crippen LogP contribution < -0.4 is 4.72 Å². The van der Waals surface area contributed by atoms with Gasteiger partial charge in [0.2, 0.25) is 5.95 Å². The Morgan fingerprint density at radius 1 is 1.00 bits per heavy atom. The third kappa shape index (κ3) is 4.77. The minimum Gasteiger partial charge on any atom is -0.269 e. The molecule has 0 saturated carbocycles. The van der Waals surface area contributed by atoms with Crippen LogP contribution >= 0.6 is 0 Å². The van der Waals surface area contributed by atoms with Gasteiger partial charge in [0.05, 0.1) is 16.3 Å². The van der Waals surface area contributed by atoms with Crippen molar-refractivity contribution in [2.45, 2.75) is 17.9 Å². The number of imide groups is 1. The second kappa shape index (κ2) is 9.00. The fraction of sp³-hybridized carbons (Fsp3) is 0.100. The van der Waals surface area contributed by atoms with E-state index in [1.807, 2.05) is 0 Å². The van der Waals surface area contributed by atoms with Gasteiger partial charge < -0.3 is 0 Å². The Labute approximate surface area is 188 Å². The molecule has 0 bridgehead atoms. The third-order valence-corrected chi connectivity index (χ3v) is 5.74. The fourth-order valence-corrected chi connectivity index (χ4v) is 3.74. The lowest BCUT2D eigenvalue weighted by molar-refractivity contribution is -0.127. The van der Waals surface area contributed by atoms with Crippen molar-refractivity contribution in [2.75, 3.05) is 4.72 Å². The van der Waals surface area contributed by atoms with Crippen molar-refractivity contribution in [2.24, 2.45) is 15.3 Å². The number of sulfonamides is 1. The smallest absolute Gasteiger partial charge is 0.269 e. The number of aromatic nitrogens is 3. The minimum atomic E-state index is -3.89. The maximum Gasteiger partial charge on any atom is 0.299 e. The van der Waals surface area contributed by atoms with E-state index in [1.165, 1.54) is 48.9 Å². The number of anilines is 1. The van der Waals surface area contributed by atoms with Crippen molar-refractivity contribution < 1.29 is 18.0 Å². The van der Waals surface area contributed by atoms with Gasteiger partial charge in [-0.2, -0.15) is 20.3 Å². The number of hydrogen-bond donors (Lipinski definition) is 1. The number of pyridine rings is 1. The maximum atomic E-state index is 12.6. The van der Waals surface area contributed by atoms with Crippen molar-refractivity contribution in [3.05, 3.63) is 72.8 Å². The third-order valence-electron chi connectivity index (χ3n) is 4.40. The standard InChI is InChI=1S/C20H16N8O4S/c1-13-17(19(30)28(26-13)18(29)16-5-2-3-10-21-16)25-24-14-6-8-15(9-7-14)33(31,32)27-20-22-11-4-12-23-20/h2-12,17H,1H3,(H,22,23,27)/t17-/m1/s1. The first kappa shape index (κ1) is 21.8. The number of azo groups is 1. The molecule has 4 rings (SSSR count). The number of nitrogens with one attached hydrogen (secondary N) is 1. The Morgan fingerprint density at radius 2 is 1.70 bits per heavy atom. The van der Waals surface area contributed by atoms with Crippen LogP contribution in [0.1, 0.15) is 17.4 Å². The number of amides is 2. The summed E-state index contributed by atoms with van der Waals surface area (Å²) >= 11 is 0. The average molecular weight is 464 g/mol. The zero-order chi connectivity index (χ0) is 23.4. The zero-order valence-corrected chi connectivity index (χ0v) is 17.9. The summed E-state index contributed by atoms with van der Waals surface area (Å²) in [5.41, 5.74) is 0.672. The van der Waals surface area contributed by atoms with Crippen LogP contribution in [0.15, 0.2) is 87.3 Å². The summed E-state index contributed by atoms with van der Waals surface area (Å²) < 4.78 is 27.1. The summed E-state index contributed by atoms with van der Waals surface area (Å²) in [6, 6.07) is 10.7. The summed E-state index contributed by atoms with van der Waals surface area (Å²) in [4.78, 5) is 36.6.